The standard InChI is InChI=1S/C25H33F2N7O5S3/c1-5-25(15-38-4)12-33(16(6-7-37-3)10-34(25)40)18-8-17(42(35,36)31-24(2)13-39-14-24)11-32-19(18)9-28-21(32)23-30-29-22(41-23)20(26)27/h6-9,11,16,20,31,40H,5,10,12-15H2,1-4H3/b7-6+/t16-,25+/m1/s1. The molecule has 1 N–H and O–H groups in total. The summed E-state index contributed by atoms with van der Waals surface area (Å²) in [6.45, 7) is 5.55. The Hall–Kier alpha value is -2.41. The molecule has 0 amide bonds. The second-order valence-electron chi connectivity index (χ2n) is 10.7. The van der Waals surface area contributed by atoms with Gasteiger partial charge in [0.2, 0.25) is 10.0 Å². The van der Waals surface area contributed by atoms with Gasteiger partial charge in [-0.05, 0) is 25.5 Å². The van der Waals surface area contributed by atoms with Crippen molar-refractivity contribution in [2.24, 2.45) is 0 Å². The summed E-state index contributed by atoms with van der Waals surface area (Å²) in [5, 5.41) is 7.20. The van der Waals surface area contributed by atoms with Crippen LogP contribution in [0.25, 0.3) is 16.3 Å². The number of hydrogen-bond acceptors (Lipinski definition) is 12. The summed E-state index contributed by atoms with van der Waals surface area (Å²) in [6, 6.07) is 1.32. The van der Waals surface area contributed by atoms with Crippen LogP contribution in [0.15, 0.2) is 35.7 Å². The third-order valence-corrected chi connectivity index (χ3v) is 10.7. The van der Waals surface area contributed by atoms with E-state index in [9.17, 15) is 17.2 Å². The third-order valence-electron chi connectivity index (χ3n) is 7.54. The Morgan fingerprint density at radius 1 is 1.33 bits per heavy atom. The lowest BCUT2D eigenvalue weighted by molar-refractivity contribution is -0.0523. The summed E-state index contributed by atoms with van der Waals surface area (Å²) in [4.78, 5) is 6.52. The fourth-order valence-electron chi connectivity index (χ4n) is 5.22. The largest absolute Gasteiger partial charge is 0.505 e. The first-order chi connectivity index (χ1) is 20.0. The molecule has 2 aliphatic heterocycles. The first-order valence-corrected chi connectivity index (χ1v) is 15.8. The highest BCUT2D eigenvalue weighted by molar-refractivity contribution is 7.89. The number of nitrogens with one attached hydrogen (secondary N) is 1. The van der Waals surface area contributed by atoms with Crippen LogP contribution in [0.4, 0.5) is 14.5 Å². The zero-order valence-corrected chi connectivity index (χ0v) is 26.1. The number of rotatable bonds is 11. The maximum atomic E-state index is 13.8. The lowest BCUT2D eigenvalue weighted by Crippen LogP contribution is -2.64. The summed E-state index contributed by atoms with van der Waals surface area (Å²) >= 11 is 5.51. The van der Waals surface area contributed by atoms with Gasteiger partial charge >= 0.3 is 0 Å². The Morgan fingerprint density at radius 2 is 2.10 bits per heavy atom. The van der Waals surface area contributed by atoms with E-state index in [1.54, 1.807) is 44.1 Å². The van der Waals surface area contributed by atoms with Crippen LogP contribution in [0.1, 0.15) is 31.7 Å². The molecule has 0 bridgehead atoms. The Balaban J connectivity index is 1.71. The van der Waals surface area contributed by atoms with Crippen LogP contribution in [-0.4, -0.2) is 96.6 Å². The molecular weight excluding hydrogens is 613 g/mol. The summed E-state index contributed by atoms with van der Waals surface area (Å²) < 4.78 is 76.5. The Kier molecular flexibility index (Phi) is 8.82. The molecule has 42 heavy (non-hydrogen) atoms. The molecule has 5 heterocycles. The fourth-order valence-corrected chi connectivity index (χ4v) is 7.74. The van der Waals surface area contributed by atoms with E-state index in [4.69, 9.17) is 27.0 Å². The number of aromatic nitrogens is 4. The van der Waals surface area contributed by atoms with Gasteiger partial charge in [-0.1, -0.05) is 31.1 Å². The van der Waals surface area contributed by atoms with Crippen LogP contribution >= 0.6 is 24.2 Å². The number of fused-ring (bicyclic) bond motifs is 1. The average Bonchev–Trinajstić information content (AvgIpc) is 3.59. The number of methoxy groups -OCH3 is 2. The number of alkyl halides is 2. The molecule has 2 fully saturated rings. The summed E-state index contributed by atoms with van der Waals surface area (Å²) in [6.07, 6.45) is 4.34. The van der Waals surface area contributed by atoms with Crippen molar-refractivity contribution >= 4 is 45.4 Å². The number of anilines is 1. The highest BCUT2D eigenvalue weighted by Gasteiger charge is 2.44. The quantitative estimate of drug-likeness (QED) is 0.238. The molecule has 12 nitrogen and oxygen atoms in total. The van der Waals surface area contributed by atoms with Crippen LogP contribution in [0.3, 0.4) is 0 Å². The minimum atomic E-state index is -4.06. The lowest BCUT2D eigenvalue weighted by atomic mass is 9.91. The van der Waals surface area contributed by atoms with Crippen molar-refractivity contribution < 1.29 is 31.4 Å². The van der Waals surface area contributed by atoms with E-state index in [-0.39, 0.29) is 35.0 Å². The van der Waals surface area contributed by atoms with Gasteiger partial charge in [0.05, 0.1) is 67.7 Å². The molecule has 2 atom stereocenters. The molecule has 0 aliphatic carbocycles. The lowest BCUT2D eigenvalue weighted by Gasteiger charge is -2.51. The first-order valence-electron chi connectivity index (χ1n) is 13.1. The molecule has 5 rings (SSSR count). The number of imidazole rings is 1. The molecular formula is C25H33F2N7O5S3. The first kappa shape index (κ1) is 31.0. The van der Waals surface area contributed by atoms with Gasteiger partial charge in [-0.15, -0.1) is 10.2 Å². The smallest absolute Gasteiger partial charge is 0.291 e. The van der Waals surface area contributed by atoms with Gasteiger partial charge in [0, 0.05) is 26.4 Å². The van der Waals surface area contributed by atoms with Crippen molar-refractivity contribution in [2.75, 3.05) is 52.0 Å². The van der Waals surface area contributed by atoms with E-state index in [0.717, 1.165) is 0 Å². The van der Waals surface area contributed by atoms with Crippen molar-refractivity contribution in [2.45, 2.75) is 48.7 Å². The van der Waals surface area contributed by atoms with Crippen molar-refractivity contribution in [1.82, 2.24) is 28.6 Å². The molecule has 0 spiro atoms. The minimum Gasteiger partial charge on any atom is -0.505 e. The van der Waals surface area contributed by atoms with Crippen molar-refractivity contribution in [3.05, 3.63) is 35.8 Å². The highest BCUT2D eigenvalue weighted by atomic mass is 32.2. The summed E-state index contributed by atoms with van der Waals surface area (Å²) in [7, 11) is -0.885. The van der Waals surface area contributed by atoms with E-state index < -0.39 is 32.5 Å². The van der Waals surface area contributed by atoms with Crippen LogP contribution in [0, 0.1) is 0 Å². The van der Waals surface area contributed by atoms with Crippen LogP contribution in [0.2, 0.25) is 0 Å². The second kappa shape index (κ2) is 11.9. The number of sulfonamides is 1. The van der Waals surface area contributed by atoms with Crippen LogP contribution < -0.4 is 9.62 Å². The number of piperazine rings is 1. The molecule has 2 saturated heterocycles. The number of halogens is 2. The van der Waals surface area contributed by atoms with E-state index in [1.807, 2.05) is 17.3 Å². The third kappa shape index (κ3) is 5.75. The Labute approximate surface area is 252 Å². The predicted molar refractivity (Wildman–Crippen MR) is 156 cm³/mol. The number of nitrogens with zero attached hydrogens (tertiary/aromatic N) is 6. The molecule has 0 saturated carbocycles. The fraction of sp³-hybridized carbons (Fsp3) is 0.560. The number of hydrogen-bond donors (Lipinski definition) is 2. The average molecular weight is 646 g/mol. The molecule has 0 radical (unpaired) electrons. The van der Waals surface area contributed by atoms with Gasteiger partial charge in [-0.2, -0.15) is 0 Å². The second-order valence-corrected chi connectivity index (χ2v) is 13.8. The summed E-state index contributed by atoms with van der Waals surface area (Å²) in [5.41, 5.74) is -0.147. The van der Waals surface area contributed by atoms with Crippen LogP contribution in [-0.2, 0) is 24.2 Å². The molecule has 230 valence electrons. The number of ether oxygens (including phenoxy) is 3. The van der Waals surface area contributed by atoms with Crippen molar-refractivity contribution in [3.8, 4) is 10.8 Å². The van der Waals surface area contributed by atoms with Gasteiger partial charge in [-0.25, -0.2) is 31.2 Å². The van der Waals surface area contributed by atoms with Gasteiger partial charge in [-0.3, -0.25) is 4.40 Å². The van der Waals surface area contributed by atoms with E-state index in [2.05, 4.69) is 24.8 Å². The maximum Gasteiger partial charge on any atom is 0.291 e. The molecule has 17 heteroatoms. The van der Waals surface area contributed by atoms with E-state index in [0.29, 0.717) is 48.7 Å². The topological polar surface area (TPSA) is 123 Å². The van der Waals surface area contributed by atoms with Gasteiger partial charge in [0.15, 0.2) is 15.8 Å². The van der Waals surface area contributed by atoms with Crippen LogP contribution in [0.5, 0.6) is 0 Å². The normalized spacial score (nSPS) is 23.2. The maximum absolute atomic E-state index is 13.8. The minimum absolute atomic E-state index is 0.0346. The van der Waals surface area contributed by atoms with E-state index >= 15 is 0 Å². The van der Waals surface area contributed by atoms with Crippen molar-refractivity contribution in [3.63, 3.8) is 0 Å². The molecule has 0 aromatic carbocycles. The Bertz CT molecular complexity index is 1560. The van der Waals surface area contributed by atoms with Gasteiger partial charge in [0.25, 0.3) is 6.43 Å². The van der Waals surface area contributed by atoms with E-state index in [1.165, 1.54) is 6.20 Å². The molecule has 0 unspecified atom stereocenters. The number of pyridine rings is 1. The zero-order valence-electron chi connectivity index (χ0n) is 23.5. The predicted octanol–water partition coefficient (Wildman–Crippen LogP) is 3.15. The molecule has 3 aromatic heterocycles. The van der Waals surface area contributed by atoms with Crippen molar-refractivity contribution in [1.29, 1.82) is 0 Å². The van der Waals surface area contributed by atoms with Gasteiger partial charge in [0.1, 0.15) is 4.90 Å². The SMILES string of the molecule is CC[C@@]1(COC)CN(c2cc(S(=O)(=O)NC3(C)COC3)cn3c(-c4nnc(C(F)F)s4)ncc23)[C@H](/C=C/OC)CN1S. The highest BCUT2D eigenvalue weighted by Crippen LogP contribution is 2.38. The number of thiol groups is 1. The zero-order chi connectivity index (χ0) is 30.3. The summed E-state index contributed by atoms with van der Waals surface area (Å²) in [5.74, 6) is 0.196. The molecule has 3 aromatic rings. The van der Waals surface area contributed by atoms with Gasteiger partial charge < -0.3 is 19.1 Å². The monoisotopic (exact) mass is 645 g/mol. The molecule has 2 aliphatic rings. The Morgan fingerprint density at radius 3 is 2.69 bits per heavy atom.